The minimum Gasteiger partial charge on any atom is -0.399 e. The van der Waals surface area contributed by atoms with Crippen LogP contribution < -0.4 is 0 Å². The summed E-state index contributed by atoms with van der Waals surface area (Å²) in [7, 11) is 0.153. The van der Waals surface area contributed by atoms with Gasteiger partial charge in [0.2, 0.25) is 0 Å². The van der Waals surface area contributed by atoms with Crippen LogP contribution in [0.2, 0.25) is 25.7 Å². The zero-order valence-corrected chi connectivity index (χ0v) is 16.0. The molecular weight excluding hydrogens is 279 g/mol. The molecule has 0 unspecified atom stereocenters. The van der Waals surface area contributed by atoms with E-state index >= 15 is 0 Å². The van der Waals surface area contributed by atoms with Crippen LogP contribution >= 0.6 is 0 Å². The molecule has 0 radical (unpaired) electrons. The van der Waals surface area contributed by atoms with Gasteiger partial charge in [-0.3, -0.25) is 0 Å². The first-order chi connectivity index (χ1) is 9.39. The first-order valence-electron chi connectivity index (χ1n) is 7.62. The summed E-state index contributed by atoms with van der Waals surface area (Å²) in [5.74, 6) is 0. The fraction of sp³-hybridized carbons (Fsp3) is 0.750. The quantitative estimate of drug-likeness (QED) is 0.546. The summed E-state index contributed by atoms with van der Waals surface area (Å²) in [5.41, 5.74) is 1.32. The number of hydrogen-bond donors (Lipinski definition) is 0. The SMILES string of the molecule is C=C(COC)/C(=C\C[Si](C)(C)C)B1OC(C)(C)C(C)(C)O1. The van der Waals surface area contributed by atoms with E-state index in [0.29, 0.717) is 6.61 Å². The fourth-order valence-corrected chi connectivity index (χ4v) is 2.88. The highest BCUT2D eigenvalue weighted by molar-refractivity contribution is 6.76. The van der Waals surface area contributed by atoms with Crippen molar-refractivity contribution < 1.29 is 14.0 Å². The Morgan fingerprint density at radius 1 is 1.14 bits per heavy atom. The number of methoxy groups -OCH3 is 1. The first-order valence-corrected chi connectivity index (χ1v) is 11.3. The molecule has 0 bridgehead atoms. The number of hydrogen-bond acceptors (Lipinski definition) is 3. The topological polar surface area (TPSA) is 27.7 Å². The van der Waals surface area contributed by atoms with Gasteiger partial charge in [0.05, 0.1) is 17.8 Å². The Morgan fingerprint density at radius 2 is 1.62 bits per heavy atom. The third kappa shape index (κ3) is 4.81. The van der Waals surface area contributed by atoms with E-state index in [2.05, 4.69) is 60.0 Å². The van der Waals surface area contributed by atoms with Crippen molar-refractivity contribution in [3.05, 3.63) is 23.7 Å². The molecule has 0 amide bonds. The Labute approximate surface area is 131 Å². The monoisotopic (exact) mass is 310 g/mol. The number of allylic oxidation sites excluding steroid dienone is 1. The van der Waals surface area contributed by atoms with E-state index in [0.717, 1.165) is 17.1 Å². The van der Waals surface area contributed by atoms with Gasteiger partial charge < -0.3 is 14.0 Å². The van der Waals surface area contributed by atoms with Gasteiger partial charge in [0.25, 0.3) is 0 Å². The van der Waals surface area contributed by atoms with E-state index in [1.807, 2.05) is 0 Å². The molecule has 120 valence electrons. The normalized spacial score (nSPS) is 21.7. The summed E-state index contributed by atoms with van der Waals surface area (Å²) < 4.78 is 17.6. The number of ether oxygens (including phenoxy) is 1. The van der Waals surface area contributed by atoms with Gasteiger partial charge in [0.15, 0.2) is 0 Å². The van der Waals surface area contributed by atoms with Crippen LogP contribution in [0.25, 0.3) is 0 Å². The van der Waals surface area contributed by atoms with Gasteiger partial charge in [0, 0.05) is 15.2 Å². The highest BCUT2D eigenvalue weighted by Gasteiger charge is 2.52. The van der Waals surface area contributed by atoms with Gasteiger partial charge in [0.1, 0.15) is 0 Å². The second-order valence-electron chi connectivity index (χ2n) is 8.05. The third-order valence-electron chi connectivity index (χ3n) is 4.17. The smallest absolute Gasteiger partial charge is 0.399 e. The average Bonchev–Trinajstić information content (AvgIpc) is 2.46. The van der Waals surface area contributed by atoms with Crippen molar-refractivity contribution in [3.8, 4) is 0 Å². The van der Waals surface area contributed by atoms with Crippen molar-refractivity contribution >= 4 is 15.2 Å². The zero-order chi connectivity index (χ0) is 16.5. The van der Waals surface area contributed by atoms with Crippen LogP contribution in [0.5, 0.6) is 0 Å². The molecule has 0 spiro atoms. The molecule has 1 fully saturated rings. The Hall–Kier alpha value is -0.358. The molecular formula is C16H31BO3Si. The highest BCUT2D eigenvalue weighted by Crippen LogP contribution is 2.39. The molecule has 0 aromatic carbocycles. The Balaban J connectivity index is 3.01. The standard InChI is InChI=1S/C16H31BO3Si/c1-13(12-18-6)14(10-11-21(7,8)9)17-19-15(2,3)16(4,5)20-17/h10H,1,11-12H2,2-9H3/b14-10+. The maximum absolute atomic E-state index is 6.17. The molecule has 1 heterocycles. The van der Waals surface area contributed by atoms with E-state index in [9.17, 15) is 0 Å². The molecule has 3 nitrogen and oxygen atoms in total. The fourth-order valence-electron chi connectivity index (χ4n) is 2.05. The van der Waals surface area contributed by atoms with Crippen molar-refractivity contribution in [2.75, 3.05) is 13.7 Å². The third-order valence-corrected chi connectivity index (χ3v) is 5.60. The highest BCUT2D eigenvalue weighted by atomic mass is 28.3. The van der Waals surface area contributed by atoms with Crippen LogP contribution in [0.3, 0.4) is 0 Å². The summed E-state index contributed by atoms with van der Waals surface area (Å²) in [5, 5.41) is 0. The molecule has 0 N–H and O–H groups in total. The molecule has 0 aliphatic carbocycles. The lowest BCUT2D eigenvalue weighted by Gasteiger charge is -2.32. The molecule has 5 heteroatoms. The molecule has 1 rings (SSSR count). The summed E-state index contributed by atoms with van der Waals surface area (Å²) in [6.45, 7) is 20.0. The second-order valence-corrected chi connectivity index (χ2v) is 13.6. The molecule has 1 aliphatic rings. The largest absolute Gasteiger partial charge is 0.494 e. The molecule has 0 saturated carbocycles. The predicted molar refractivity (Wildman–Crippen MR) is 93.3 cm³/mol. The van der Waals surface area contributed by atoms with E-state index in [1.54, 1.807) is 7.11 Å². The van der Waals surface area contributed by atoms with Crippen molar-refractivity contribution in [2.24, 2.45) is 0 Å². The van der Waals surface area contributed by atoms with E-state index in [4.69, 9.17) is 14.0 Å². The van der Waals surface area contributed by atoms with E-state index < -0.39 is 8.07 Å². The summed E-state index contributed by atoms with van der Waals surface area (Å²) in [4.78, 5) is 0. The van der Waals surface area contributed by atoms with Gasteiger partial charge >= 0.3 is 7.12 Å². The molecule has 1 saturated heterocycles. The van der Waals surface area contributed by atoms with Crippen molar-refractivity contribution in [2.45, 2.75) is 64.6 Å². The minimum absolute atomic E-state index is 0.330. The Kier molecular flexibility index (Phi) is 5.70. The van der Waals surface area contributed by atoms with Crippen LogP contribution in [0.15, 0.2) is 23.7 Å². The maximum atomic E-state index is 6.17. The lowest BCUT2D eigenvalue weighted by atomic mass is 9.74. The van der Waals surface area contributed by atoms with Gasteiger partial charge in [-0.2, -0.15) is 0 Å². The van der Waals surface area contributed by atoms with Crippen molar-refractivity contribution in [3.63, 3.8) is 0 Å². The maximum Gasteiger partial charge on any atom is 0.494 e. The molecule has 0 atom stereocenters. The van der Waals surface area contributed by atoms with E-state index in [-0.39, 0.29) is 18.3 Å². The van der Waals surface area contributed by atoms with Crippen molar-refractivity contribution in [1.29, 1.82) is 0 Å². The lowest BCUT2D eigenvalue weighted by Crippen LogP contribution is -2.41. The summed E-state index contributed by atoms with van der Waals surface area (Å²) >= 11 is 0. The van der Waals surface area contributed by atoms with Gasteiger partial charge in [-0.1, -0.05) is 32.3 Å². The van der Waals surface area contributed by atoms with Gasteiger partial charge in [-0.15, -0.1) is 0 Å². The zero-order valence-electron chi connectivity index (χ0n) is 15.0. The average molecular weight is 310 g/mol. The first kappa shape index (κ1) is 18.7. The second kappa shape index (κ2) is 6.41. The summed E-state index contributed by atoms with van der Waals surface area (Å²) in [6.07, 6.45) is 2.25. The van der Waals surface area contributed by atoms with Crippen LogP contribution in [-0.4, -0.2) is 40.1 Å². The predicted octanol–water partition coefficient (Wildman–Crippen LogP) is 4.09. The molecule has 1 aliphatic heterocycles. The molecule has 0 aromatic rings. The molecule has 21 heavy (non-hydrogen) atoms. The van der Waals surface area contributed by atoms with Crippen LogP contribution in [0, 0.1) is 0 Å². The summed E-state index contributed by atoms with van der Waals surface area (Å²) in [6, 6.07) is 1.08. The lowest BCUT2D eigenvalue weighted by molar-refractivity contribution is 0.00578. The Morgan fingerprint density at radius 3 is 2.00 bits per heavy atom. The number of rotatable bonds is 6. The van der Waals surface area contributed by atoms with Crippen LogP contribution in [0.1, 0.15) is 27.7 Å². The molecule has 0 aromatic heterocycles. The van der Waals surface area contributed by atoms with Crippen LogP contribution in [0.4, 0.5) is 0 Å². The van der Waals surface area contributed by atoms with Crippen molar-refractivity contribution in [1.82, 2.24) is 0 Å². The van der Waals surface area contributed by atoms with Crippen LogP contribution in [-0.2, 0) is 14.0 Å². The van der Waals surface area contributed by atoms with Gasteiger partial charge in [-0.25, -0.2) is 0 Å². The van der Waals surface area contributed by atoms with Gasteiger partial charge in [-0.05, 0) is 44.8 Å². The van der Waals surface area contributed by atoms with E-state index in [1.165, 1.54) is 0 Å². The minimum atomic E-state index is -1.18. The Bertz CT molecular complexity index is 406.